The molecular formula is C17H21NO2S. The number of carbonyl (C=O) groups excluding carboxylic acids is 1. The molecule has 21 heavy (non-hydrogen) atoms. The van der Waals surface area contributed by atoms with Gasteiger partial charge in [-0.1, -0.05) is 38.1 Å². The number of hydrogen-bond acceptors (Lipinski definition) is 4. The van der Waals surface area contributed by atoms with Crippen LogP contribution in [0.15, 0.2) is 29.8 Å². The van der Waals surface area contributed by atoms with E-state index in [-0.39, 0.29) is 12.4 Å². The van der Waals surface area contributed by atoms with E-state index in [2.05, 4.69) is 18.8 Å². The predicted molar refractivity (Wildman–Crippen MR) is 86.2 cm³/mol. The van der Waals surface area contributed by atoms with Gasteiger partial charge in [-0.25, -0.2) is 4.98 Å². The van der Waals surface area contributed by atoms with Crippen molar-refractivity contribution in [2.24, 2.45) is 0 Å². The minimum atomic E-state index is 0.0336. The number of benzene rings is 1. The van der Waals surface area contributed by atoms with E-state index in [4.69, 9.17) is 4.74 Å². The van der Waals surface area contributed by atoms with Crippen LogP contribution in [0.4, 0.5) is 0 Å². The van der Waals surface area contributed by atoms with Gasteiger partial charge in [0.05, 0.1) is 17.8 Å². The molecule has 3 nitrogen and oxygen atoms in total. The molecule has 2 aromatic rings. The Balaban J connectivity index is 1.78. The Morgan fingerprint density at radius 2 is 2.00 bits per heavy atom. The predicted octanol–water partition coefficient (Wildman–Crippen LogP) is 4.02. The van der Waals surface area contributed by atoms with E-state index < -0.39 is 0 Å². The standard InChI is InChI=1S/C17H21NO2S/c1-12(2)14-4-6-15(7-5-14)16(19)10-20-9-8-17-13(3)18-11-21-17/h4-7,11-12H,8-10H2,1-3H3. The fraction of sp³-hybridized carbons (Fsp3) is 0.412. The molecule has 0 radical (unpaired) electrons. The Morgan fingerprint density at radius 1 is 1.29 bits per heavy atom. The number of aromatic nitrogens is 1. The molecule has 2 rings (SSSR count). The summed E-state index contributed by atoms with van der Waals surface area (Å²) in [5.41, 5.74) is 4.85. The molecule has 0 unspecified atom stereocenters. The lowest BCUT2D eigenvalue weighted by atomic mass is 10.0. The van der Waals surface area contributed by atoms with Gasteiger partial charge in [0.1, 0.15) is 6.61 Å². The van der Waals surface area contributed by atoms with Crippen molar-refractivity contribution < 1.29 is 9.53 Å². The second-order valence-corrected chi connectivity index (χ2v) is 6.30. The zero-order chi connectivity index (χ0) is 15.2. The average molecular weight is 303 g/mol. The molecule has 0 bridgehead atoms. The van der Waals surface area contributed by atoms with Crippen molar-refractivity contribution in [1.82, 2.24) is 4.98 Å². The Bertz CT molecular complexity index is 587. The molecule has 0 fully saturated rings. The van der Waals surface area contributed by atoms with Crippen molar-refractivity contribution in [3.05, 3.63) is 51.5 Å². The molecule has 0 amide bonds. The molecule has 1 aromatic carbocycles. The normalized spacial score (nSPS) is 11.0. The van der Waals surface area contributed by atoms with Gasteiger partial charge in [-0.3, -0.25) is 4.79 Å². The molecule has 1 aromatic heterocycles. The molecule has 0 N–H and O–H groups in total. The van der Waals surface area contributed by atoms with Crippen molar-refractivity contribution in [3.8, 4) is 0 Å². The third kappa shape index (κ3) is 4.48. The first-order valence-electron chi connectivity index (χ1n) is 7.17. The quantitative estimate of drug-likeness (QED) is 0.573. The highest BCUT2D eigenvalue weighted by atomic mass is 32.1. The van der Waals surface area contributed by atoms with Gasteiger partial charge in [0.25, 0.3) is 0 Å². The average Bonchev–Trinajstić information content (AvgIpc) is 2.89. The summed E-state index contributed by atoms with van der Waals surface area (Å²) in [5, 5.41) is 0. The third-order valence-electron chi connectivity index (χ3n) is 3.45. The number of hydrogen-bond donors (Lipinski definition) is 0. The number of carbonyl (C=O) groups is 1. The Hall–Kier alpha value is -1.52. The largest absolute Gasteiger partial charge is 0.373 e. The number of Topliss-reactive ketones (excluding diaryl/α,β-unsaturated/α-hetero) is 1. The number of rotatable bonds is 7. The minimum absolute atomic E-state index is 0.0336. The third-order valence-corrected chi connectivity index (χ3v) is 4.45. The highest BCUT2D eigenvalue weighted by Gasteiger charge is 2.08. The van der Waals surface area contributed by atoms with Crippen molar-refractivity contribution in [1.29, 1.82) is 0 Å². The molecule has 0 atom stereocenters. The molecule has 0 spiro atoms. The fourth-order valence-corrected chi connectivity index (χ4v) is 2.80. The van der Waals surface area contributed by atoms with E-state index in [0.29, 0.717) is 18.1 Å². The van der Waals surface area contributed by atoms with Crippen LogP contribution in [0.1, 0.15) is 46.3 Å². The molecule has 0 saturated carbocycles. The lowest BCUT2D eigenvalue weighted by molar-refractivity contribution is 0.0766. The second-order valence-electron chi connectivity index (χ2n) is 5.36. The topological polar surface area (TPSA) is 39.2 Å². The summed E-state index contributed by atoms with van der Waals surface area (Å²) < 4.78 is 5.49. The summed E-state index contributed by atoms with van der Waals surface area (Å²) in [7, 11) is 0. The first-order chi connectivity index (χ1) is 10.1. The lowest BCUT2D eigenvalue weighted by Crippen LogP contribution is -2.11. The van der Waals surface area contributed by atoms with Gasteiger partial charge >= 0.3 is 0 Å². The smallest absolute Gasteiger partial charge is 0.188 e. The minimum Gasteiger partial charge on any atom is -0.373 e. The maximum absolute atomic E-state index is 12.0. The van der Waals surface area contributed by atoms with E-state index >= 15 is 0 Å². The van der Waals surface area contributed by atoms with E-state index in [9.17, 15) is 4.79 Å². The summed E-state index contributed by atoms with van der Waals surface area (Å²) in [6, 6.07) is 7.79. The highest BCUT2D eigenvalue weighted by Crippen LogP contribution is 2.15. The SMILES string of the molecule is Cc1ncsc1CCOCC(=O)c1ccc(C(C)C)cc1. The lowest BCUT2D eigenvalue weighted by Gasteiger charge is -2.07. The molecular weight excluding hydrogens is 282 g/mol. The van der Waals surface area contributed by atoms with Crippen molar-refractivity contribution in [3.63, 3.8) is 0 Å². The van der Waals surface area contributed by atoms with Crippen molar-refractivity contribution >= 4 is 17.1 Å². The summed E-state index contributed by atoms with van der Waals surface area (Å²) in [6.07, 6.45) is 0.816. The maximum atomic E-state index is 12.0. The van der Waals surface area contributed by atoms with Gasteiger partial charge in [0.15, 0.2) is 5.78 Å². The maximum Gasteiger partial charge on any atom is 0.188 e. The first kappa shape index (κ1) is 15.9. The number of thiazole rings is 1. The van der Waals surface area contributed by atoms with Crippen LogP contribution in [-0.4, -0.2) is 24.0 Å². The van der Waals surface area contributed by atoms with Crippen LogP contribution >= 0.6 is 11.3 Å². The summed E-state index contributed by atoms with van der Waals surface area (Å²) in [6.45, 7) is 6.97. The molecule has 4 heteroatoms. The van der Waals surface area contributed by atoms with E-state index in [1.165, 1.54) is 10.4 Å². The molecule has 0 aliphatic rings. The highest BCUT2D eigenvalue weighted by molar-refractivity contribution is 7.09. The van der Waals surface area contributed by atoms with Crippen LogP contribution in [0.3, 0.4) is 0 Å². The van der Waals surface area contributed by atoms with Gasteiger partial charge in [0, 0.05) is 16.9 Å². The van der Waals surface area contributed by atoms with Gasteiger partial charge < -0.3 is 4.74 Å². The Kier molecular flexibility index (Phi) is 5.65. The number of nitrogens with zero attached hydrogens (tertiary/aromatic N) is 1. The van der Waals surface area contributed by atoms with Gasteiger partial charge in [-0.15, -0.1) is 11.3 Å². The van der Waals surface area contributed by atoms with Gasteiger partial charge in [-0.05, 0) is 18.4 Å². The van der Waals surface area contributed by atoms with E-state index in [0.717, 1.165) is 12.1 Å². The zero-order valence-corrected chi connectivity index (χ0v) is 13.6. The summed E-state index contributed by atoms with van der Waals surface area (Å²) in [5.74, 6) is 0.513. The molecule has 1 heterocycles. The zero-order valence-electron chi connectivity index (χ0n) is 12.8. The van der Waals surface area contributed by atoms with E-state index in [1.807, 2.05) is 36.7 Å². The molecule has 112 valence electrons. The fourth-order valence-electron chi connectivity index (χ4n) is 2.03. The van der Waals surface area contributed by atoms with Crippen LogP contribution in [-0.2, 0) is 11.2 Å². The first-order valence-corrected chi connectivity index (χ1v) is 8.05. The van der Waals surface area contributed by atoms with Crippen LogP contribution in [0, 0.1) is 6.92 Å². The van der Waals surface area contributed by atoms with E-state index in [1.54, 1.807) is 11.3 Å². The van der Waals surface area contributed by atoms with Crippen LogP contribution in [0.5, 0.6) is 0 Å². The van der Waals surface area contributed by atoms with Crippen molar-refractivity contribution in [2.75, 3.05) is 13.2 Å². The van der Waals surface area contributed by atoms with Crippen LogP contribution in [0.2, 0.25) is 0 Å². The monoisotopic (exact) mass is 303 g/mol. The summed E-state index contributed by atoms with van der Waals surface area (Å²) >= 11 is 1.63. The van der Waals surface area contributed by atoms with Crippen molar-refractivity contribution in [2.45, 2.75) is 33.1 Å². The number of ketones is 1. The Morgan fingerprint density at radius 3 is 2.57 bits per heavy atom. The van der Waals surface area contributed by atoms with Gasteiger partial charge in [-0.2, -0.15) is 0 Å². The summed E-state index contributed by atoms with van der Waals surface area (Å²) in [4.78, 5) is 17.4. The number of ether oxygens (including phenoxy) is 1. The molecule has 0 aliphatic heterocycles. The molecule has 0 saturated heterocycles. The van der Waals surface area contributed by atoms with Crippen LogP contribution < -0.4 is 0 Å². The second kappa shape index (κ2) is 7.48. The number of aryl methyl sites for hydroxylation is 1. The van der Waals surface area contributed by atoms with Gasteiger partial charge in [0.2, 0.25) is 0 Å². The van der Waals surface area contributed by atoms with Crippen LogP contribution in [0.25, 0.3) is 0 Å². The molecule has 0 aliphatic carbocycles. The Labute approximate surface area is 130 Å².